The van der Waals surface area contributed by atoms with Crippen molar-refractivity contribution in [1.29, 1.82) is 0 Å². The molecule has 0 bridgehead atoms. The molecule has 0 aliphatic rings. The van der Waals surface area contributed by atoms with Crippen LogP contribution in [0.1, 0.15) is 39.0 Å². The molecule has 0 aliphatic heterocycles. The van der Waals surface area contributed by atoms with Gasteiger partial charge in [-0.1, -0.05) is 32.6 Å². The summed E-state index contributed by atoms with van der Waals surface area (Å²) in [6, 6.07) is 4.30. The number of phenols is 2. The lowest BCUT2D eigenvalue weighted by molar-refractivity contribution is 0.301. The molecule has 3 nitrogen and oxygen atoms in total. The number of phenolic OH excluding ortho intramolecular Hbond substituents is 2. The van der Waals surface area contributed by atoms with Crippen LogP contribution < -0.4 is 4.74 Å². The fraction of sp³-hybridized carbons (Fsp3) is 0.538. The van der Waals surface area contributed by atoms with Gasteiger partial charge in [-0.05, 0) is 6.42 Å². The molecule has 1 rings (SSSR count). The maximum Gasteiger partial charge on any atom is 0.126 e. The monoisotopic (exact) mass is 224 g/mol. The first kappa shape index (κ1) is 12.7. The number of unbranched alkanes of at least 4 members (excludes halogenated alkanes) is 4. The molecule has 90 valence electrons. The number of hydrogen-bond acceptors (Lipinski definition) is 3. The molecule has 16 heavy (non-hydrogen) atoms. The largest absolute Gasteiger partial charge is 0.508 e. The summed E-state index contributed by atoms with van der Waals surface area (Å²) in [5.41, 5.74) is 0. The van der Waals surface area contributed by atoms with Crippen molar-refractivity contribution in [2.45, 2.75) is 39.0 Å². The van der Waals surface area contributed by atoms with Crippen molar-refractivity contribution >= 4 is 0 Å². The second-order valence-corrected chi connectivity index (χ2v) is 3.95. The summed E-state index contributed by atoms with van der Waals surface area (Å²) in [6.07, 6.45) is 5.93. The standard InChI is InChI=1S/C13H20O3/c1-2-3-4-5-6-7-16-13-9-11(14)8-12(15)10-13/h8-10,14-15H,2-7H2,1H3. The highest BCUT2D eigenvalue weighted by Crippen LogP contribution is 2.25. The average Bonchev–Trinajstić information content (AvgIpc) is 2.22. The third-order valence-electron chi connectivity index (χ3n) is 2.39. The number of hydrogen-bond donors (Lipinski definition) is 2. The van der Waals surface area contributed by atoms with Crippen molar-refractivity contribution in [2.75, 3.05) is 6.61 Å². The van der Waals surface area contributed by atoms with Crippen LogP contribution in [-0.2, 0) is 0 Å². The normalized spacial score (nSPS) is 10.3. The molecule has 0 saturated carbocycles. The van der Waals surface area contributed by atoms with Gasteiger partial charge in [0.25, 0.3) is 0 Å². The lowest BCUT2D eigenvalue weighted by atomic mass is 10.2. The van der Waals surface area contributed by atoms with Crippen LogP contribution in [-0.4, -0.2) is 16.8 Å². The van der Waals surface area contributed by atoms with Crippen LogP contribution in [0, 0.1) is 0 Å². The van der Waals surface area contributed by atoms with E-state index in [1.807, 2.05) is 0 Å². The summed E-state index contributed by atoms with van der Waals surface area (Å²) in [7, 11) is 0. The Morgan fingerprint density at radius 1 is 0.938 bits per heavy atom. The number of ether oxygens (including phenoxy) is 1. The molecular formula is C13H20O3. The van der Waals surface area contributed by atoms with Gasteiger partial charge in [-0.2, -0.15) is 0 Å². The molecule has 0 aromatic heterocycles. The summed E-state index contributed by atoms with van der Waals surface area (Å²) in [4.78, 5) is 0. The van der Waals surface area contributed by atoms with E-state index in [9.17, 15) is 10.2 Å². The fourth-order valence-electron chi connectivity index (χ4n) is 1.55. The minimum atomic E-state index is 0.0287. The third kappa shape index (κ3) is 4.91. The first-order valence-electron chi connectivity index (χ1n) is 5.88. The molecule has 1 aromatic rings. The first-order valence-corrected chi connectivity index (χ1v) is 5.88. The van der Waals surface area contributed by atoms with E-state index in [1.54, 1.807) is 0 Å². The summed E-state index contributed by atoms with van der Waals surface area (Å²) in [6.45, 7) is 2.82. The van der Waals surface area contributed by atoms with Crippen LogP contribution in [0.5, 0.6) is 17.2 Å². The summed E-state index contributed by atoms with van der Waals surface area (Å²) < 4.78 is 5.43. The molecule has 2 N–H and O–H groups in total. The second-order valence-electron chi connectivity index (χ2n) is 3.95. The van der Waals surface area contributed by atoms with Gasteiger partial charge < -0.3 is 14.9 Å². The van der Waals surface area contributed by atoms with Crippen molar-refractivity contribution in [3.05, 3.63) is 18.2 Å². The van der Waals surface area contributed by atoms with Gasteiger partial charge in [0.2, 0.25) is 0 Å². The Balaban J connectivity index is 2.21. The van der Waals surface area contributed by atoms with Crippen molar-refractivity contribution in [1.82, 2.24) is 0 Å². The van der Waals surface area contributed by atoms with E-state index in [0.717, 1.165) is 6.42 Å². The molecule has 0 atom stereocenters. The van der Waals surface area contributed by atoms with Gasteiger partial charge in [-0.25, -0.2) is 0 Å². The molecule has 0 unspecified atom stereocenters. The minimum Gasteiger partial charge on any atom is -0.508 e. The highest BCUT2D eigenvalue weighted by molar-refractivity contribution is 5.40. The minimum absolute atomic E-state index is 0.0287. The molecule has 0 spiro atoms. The first-order chi connectivity index (χ1) is 7.72. The van der Waals surface area contributed by atoms with Crippen molar-refractivity contribution < 1.29 is 14.9 Å². The van der Waals surface area contributed by atoms with E-state index >= 15 is 0 Å². The highest BCUT2D eigenvalue weighted by Gasteiger charge is 1.99. The fourth-order valence-corrected chi connectivity index (χ4v) is 1.55. The maximum absolute atomic E-state index is 9.23. The molecule has 0 amide bonds. The van der Waals surface area contributed by atoms with Crippen molar-refractivity contribution in [3.8, 4) is 17.2 Å². The lowest BCUT2D eigenvalue weighted by Gasteiger charge is -2.06. The SMILES string of the molecule is CCCCCCCOc1cc(O)cc(O)c1. The number of aromatic hydroxyl groups is 2. The van der Waals surface area contributed by atoms with E-state index in [4.69, 9.17) is 4.74 Å². The van der Waals surface area contributed by atoms with Crippen LogP contribution >= 0.6 is 0 Å². The Hall–Kier alpha value is -1.38. The lowest BCUT2D eigenvalue weighted by Crippen LogP contribution is -1.97. The highest BCUT2D eigenvalue weighted by atomic mass is 16.5. The zero-order chi connectivity index (χ0) is 11.8. The molecule has 0 aliphatic carbocycles. The van der Waals surface area contributed by atoms with Gasteiger partial charge in [0.15, 0.2) is 0 Å². The van der Waals surface area contributed by atoms with Gasteiger partial charge in [0.1, 0.15) is 17.2 Å². The van der Waals surface area contributed by atoms with Gasteiger partial charge in [-0.3, -0.25) is 0 Å². The van der Waals surface area contributed by atoms with Crippen LogP contribution in [0.3, 0.4) is 0 Å². The zero-order valence-corrected chi connectivity index (χ0v) is 9.78. The van der Waals surface area contributed by atoms with Crippen molar-refractivity contribution in [2.24, 2.45) is 0 Å². The molecule has 0 heterocycles. The Bertz CT molecular complexity index is 290. The van der Waals surface area contributed by atoms with Gasteiger partial charge >= 0.3 is 0 Å². The van der Waals surface area contributed by atoms with Crippen LogP contribution in [0.2, 0.25) is 0 Å². The smallest absolute Gasteiger partial charge is 0.126 e. The van der Waals surface area contributed by atoms with E-state index in [-0.39, 0.29) is 11.5 Å². The average molecular weight is 224 g/mol. The Morgan fingerprint density at radius 3 is 2.19 bits per heavy atom. The topological polar surface area (TPSA) is 49.7 Å². The predicted octanol–water partition coefficient (Wildman–Crippen LogP) is 3.45. The molecule has 0 saturated heterocycles. The van der Waals surface area contributed by atoms with E-state index in [0.29, 0.717) is 12.4 Å². The summed E-state index contributed by atoms with van der Waals surface area (Å²) in [5.74, 6) is 0.579. The van der Waals surface area contributed by atoms with Crippen LogP contribution in [0.15, 0.2) is 18.2 Å². The number of benzene rings is 1. The molecule has 1 aromatic carbocycles. The number of rotatable bonds is 7. The van der Waals surface area contributed by atoms with Crippen LogP contribution in [0.4, 0.5) is 0 Å². The van der Waals surface area contributed by atoms with Gasteiger partial charge in [0.05, 0.1) is 6.61 Å². The van der Waals surface area contributed by atoms with Crippen molar-refractivity contribution in [3.63, 3.8) is 0 Å². The summed E-state index contributed by atoms with van der Waals surface area (Å²) >= 11 is 0. The quantitative estimate of drug-likeness (QED) is 0.697. The molecule has 0 fully saturated rings. The van der Waals surface area contributed by atoms with Crippen LogP contribution in [0.25, 0.3) is 0 Å². The maximum atomic E-state index is 9.23. The molecule has 3 heteroatoms. The second kappa shape index (κ2) is 6.99. The Kier molecular flexibility index (Phi) is 5.54. The zero-order valence-electron chi connectivity index (χ0n) is 9.78. The van der Waals surface area contributed by atoms with Gasteiger partial charge in [0, 0.05) is 18.2 Å². The van der Waals surface area contributed by atoms with E-state index in [1.165, 1.54) is 43.9 Å². The Labute approximate surface area is 96.7 Å². The predicted molar refractivity (Wildman–Crippen MR) is 64.0 cm³/mol. The summed E-state index contributed by atoms with van der Waals surface area (Å²) in [5, 5.41) is 18.5. The van der Waals surface area contributed by atoms with Gasteiger partial charge in [-0.15, -0.1) is 0 Å². The molecule has 0 radical (unpaired) electrons. The van der Waals surface area contributed by atoms with E-state index in [2.05, 4.69) is 6.92 Å². The third-order valence-corrected chi connectivity index (χ3v) is 2.39. The van der Waals surface area contributed by atoms with E-state index < -0.39 is 0 Å². The Morgan fingerprint density at radius 2 is 1.56 bits per heavy atom. The molecular weight excluding hydrogens is 204 g/mol.